The zero-order chi connectivity index (χ0) is 27.1. The number of carbonyl (C=O) groups excluding carboxylic acids is 3. The van der Waals surface area contributed by atoms with Gasteiger partial charge in [0.05, 0.1) is 30.6 Å². The van der Waals surface area contributed by atoms with E-state index >= 15 is 0 Å². The number of aliphatic hydroxyl groups excluding tert-OH is 1. The highest BCUT2D eigenvalue weighted by Gasteiger charge is 2.77. The molecule has 3 heterocycles. The molecule has 3 saturated heterocycles. The largest absolute Gasteiger partial charge is 0.394 e. The zero-order valence-corrected chi connectivity index (χ0v) is 23.4. The van der Waals surface area contributed by atoms with E-state index in [2.05, 4.69) is 29.1 Å². The number of hydrogen-bond donors (Lipinski definition) is 1. The SMILES string of the molecule is C=CCN(C)C(=O)[C@H]1[C@@H]2OC3(CC2Br)C(C(=O)N(CC=C)c2ccc(Cl)cc2)N([C@@H](CC)CO)C(=O)[C@H]13. The van der Waals surface area contributed by atoms with Crippen LogP contribution in [0.3, 0.4) is 0 Å². The molecule has 8 nitrogen and oxygen atoms in total. The molecule has 1 aromatic carbocycles. The second-order valence-corrected chi connectivity index (χ2v) is 11.5. The summed E-state index contributed by atoms with van der Waals surface area (Å²) in [7, 11) is 1.67. The molecule has 4 rings (SSSR count). The Morgan fingerprint density at radius 3 is 2.49 bits per heavy atom. The number of fused-ring (bicyclic) bond motifs is 1. The van der Waals surface area contributed by atoms with Crippen molar-refractivity contribution in [3.63, 3.8) is 0 Å². The molecular weight excluding hydrogens is 562 g/mol. The molecule has 1 N–H and O–H groups in total. The summed E-state index contributed by atoms with van der Waals surface area (Å²) in [5.41, 5.74) is -0.614. The number of halogens is 2. The summed E-state index contributed by atoms with van der Waals surface area (Å²) in [6.45, 7) is 9.59. The molecule has 1 spiro atoms. The van der Waals surface area contributed by atoms with Crippen LogP contribution in [0.2, 0.25) is 5.02 Å². The van der Waals surface area contributed by atoms with Gasteiger partial charge in [0.25, 0.3) is 5.91 Å². The Morgan fingerprint density at radius 1 is 1.27 bits per heavy atom. The van der Waals surface area contributed by atoms with Crippen LogP contribution >= 0.6 is 27.5 Å². The molecule has 200 valence electrons. The van der Waals surface area contributed by atoms with Gasteiger partial charge in [0.1, 0.15) is 11.6 Å². The normalized spacial score (nSPS) is 30.7. The van der Waals surface area contributed by atoms with Gasteiger partial charge >= 0.3 is 0 Å². The van der Waals surface area contributed by atoms with Crippen molar-refractivity contribution in [3.8, 4) is 0 Å². The van der Waals surface area contributed by atoms with E-state index in [1.807, 2.05) is 6.92 Å². The molecule has 10 heteroatoms. The molecule has 3 fully saturated rings. The predicted octanol–water partition coefficient (Wildman–Crippen LogP) is 3.02. The van der Waals surface area contributed by atoms with E-state index in [-0.39, 0.29) is 35.7 Å². The van der Waals surface area contributed by atoms with E-state index in [9.17, 15) is 19.5 Å². The van der Waals surface area contributed by atoms with E-state index in [1.54, 1.807) is 48.4 Å². The van der Waals surface area contributed by atoms with Gasteiger partial charge in [-0.05, 0) is 37.1 Å². The Kier molecular flexibility index (Phi) is 8.19. The molecule has 7 atom stereocenters. The Labute approximate surface area is 231 Å². The van der Waals surface area contributed by atoms with E-state index < -0.39 is 35.6 Å². The van der Waals surface area contributed by atoms with Crippen molar-refractivity contribution in [2.24, 2.45) is 11.8 Å². The van der Waals surface area contributed by atoms with Crippen molar-refractivity contribution >= 4 is 50.9 Å². The number of likely N-dealkylation sites (tertiary alicyclic amines) is 1. The van der Waals surface area contributed by atoms with Gasteiger partial charge in [-0.25, -0.2) is 0 Å². The van der Waals surface area contributed by atoms with Gasteiger partial charge in [-0.15, -0.1) is 13.2 Å². The van der Waals surface area contributed by atoms with Crippen molar-refractivity contribution in [2.75, 3.05) is 31.6 Å². The smallest absolute Gasteiger partial charge is 0.253 e. The topological polar surface area (TPSA) is 90.4 Å². The van der Waals surface area contributed by atoms with E-state index in [0.29, 0.717) is 30.1 Å². The molecule has 3 aliphatic rings. The quantitative estimate of drug-likeness (QED) is 0.332. The van der Waals surface area contributed by atoms with Crippen molar-refractivity contribution in [1.82, 2.24) is 9.80 Å². The van der Waals surface area contributed by atoms with E-state index in [1.165, 1.54) is 9.80 Å². The zero-order valence-electron chi connectivity index (χ0n) is 21.1. The minimum atomic E-state index is -1.21. The average Bonchev–Trinajstić information content (AvgIpc) is 3.47. The van der Waals surface area contributed by atoms with Gasteiger partial charge < -0.3 is 24.5 Å². The summed E-state index contributed by atoms with van der Waals surface area (Å²) in [5.74, 6) is -2.49. The number of likely N-dealkylation sites (N-methyl/N-ethyl adjacent to an activating group) is 1. The number of rotatable bonds is 10. The second kappa shape index (κ2) is 10.9. The van der Waals surface area contributed by atoms with Crippen LogP contribution in [-0.2, 0) is 19.1 Å². The number of anilines is 1. The number of aliphatic hydroxyl groups is 1. The summed E-state index contributed by atoms with van der Waals surface area (Å²) in [4.78, 5) is 46.5. The van der Waals surface area contributed by atoms with Crippen LogP contribution in [-0.4, -0.2) is 88.0 Å². The Morgan fingerprint density at radius 2 is 1.92 bits per heavy atom. The highest BCUT2D eigenvalue weighted by atomic mass is 79.9. The van der Waals surface area contributed by atoms with Crippen molar-refractivity contribution in [2.45, 2.75) is 48.4 Å². The molecule has 3 amide bonds. The summed E-state index contributed by atoms with van der Waals surface area (Å²) in [6.07, 6.45) is 3.51. The second-order valence-electron chi connectivity index (χ2n) is 9.88. The van der Waals surface area contributed by atoms with Crippen molar-refractivity contribution in [3.05, 3.63) is 54.6 Å². The third-order valence-electron chi connectivity index (χ3n) is 7.82. The molecular formula is C27H33BrClN3O5. The van der Waals surface area contributed by atoms with Gasteiger partial charge in [-0.1, -0.05) is 46.6 Å². The van der Waals surface area contributed by atoms with Gasteiger partial charge in [0, 0.05) is 35.7 Å². The number of carbonyl (C=O) groups is 3. The lowest BCUT2D eigenvalue weighted by Gasteiger charge is -2.39. The van der Waals surface area contributed by atoms with Gasteiger partial charge in [-0.2, -0.15) is 0 Å². The van der Waals surface area contributed by atoms with Crippen LogP contribution in [0.5, 0.6) is 0 Å². The molecule has 0 aromatic heterocycles. The number of ether oxygens (including phenoxy) is 1. The van der Waals surface area contributed by atoms with Crippen LogP contribution in [0.15, 0.2) is 49.6 Å². The summed E-state index contributed by atoms with van der Waals surface area (Å²) >= 11 is 9.76. The third-order valence-corrected chi connectivity index (χ3v) is 8.91. The third kappa shape index (κ3) is 4.43. The van der Waals surface area contributed by atoms with Crippen LogP contribution in [0.1, 0.15) is 19.8 Å². The van der Waals surface area contributed by atoms with Crippen LogP contribution in [0, 0.1) is 11.8 Å². The Bertz CT molecular complexity index is 1080. The minimum Gasteiger partial charge on any atom is -0.394 e. The number of nitrogens with zero attached hydrogens (tertiary/aromatic N) is 3. The number of alkyl halides is 1. The lowest BCUT2D eigenvalue weighted by atomic mass is 9.70. The first-order valence-corrected chi connectivity index (χ1v) is 13.7. The van der Waals surface area contributed by atoms with Gasteiger partial charge in [0.15, 0.2) is 0 Å². The first-order valence-electron chi connectivity index (χ1n) is 12.4. The predicted molar refractivity (Wildman–Crippen MR) is 146 cm³/mol. The van der Waals surface area contributed by atoms with Crippen molar-refractivity contribution in [1.29, 1.82) is 0 Å². The number of benzene rings is 1. The number of amides is 3. The maximum absolute atomic E-state index is 14.4. The van der Waals surface area contributed by atoms with Gasteiger partial charge in [-0.3, -0.25) is 14.4 Å². The maximum Gasteiger partial charge on any atom is 0.253 e. The Hall–Kier alpha value is -2.20. The fourth-order valence-electron chi connectivity index (χ4n) is 6.19. The highest BCUT2D eigenvalue weighted by molar-refractivity contribution is 9.09. The van der Waals surface area contributed by atoms with E-state index in [0.717, 1.165) is 0 Å². The van der Waals surface area contributed by atoms with Crippen LogP contribution < -0.4 is 4.90 Å². The Balaban J connectivity index is 1.83. The lowest BCUT2D eigenvalue weighted by molar-refractivity contribution is -0.146. The molecule has 0 saturated carbocycles. The lowest BCUT2D eigenvalue weighted by Crippen LogP contribution is -2.59. The molecule has 3 unspecified atom stereocenters. The average molecular weight is 595 g/mol. The van der Waals surface area contributed by atoms with Crippen LogP contribution in [0.4, 0.5) is 5.69 Å². The summed E-state index contributed by atoms with van der Waals surface area (Å²) in [6, 6.07) is 5.23. The fourth-order valence-corrected chi connectivity index (χ4v) is 7.26. The highest BCUT2D eigenvalue weighted by Crippen LogP contribution is 2.61. The molecule has 0 aliphatic carbocycles. The molecule has 3 aliphatic heterocycles. The van der Waals surface area contributed by atoms with Gasteiger partial charge in [0.2, 0.25) is 11.8 Å². The van der Waals surface area contributed by atoms with Crippen molar-refractivity contribution < 1.29 is 24.2 Å². The molecule has 2 bridgehead atoms. The summed E-state index contributed by atoms with van der Waals surface area (Å²) in [5, 5.41) is 10.8. The first-order chi connectivity index (χ1) is 17.7. The molecule has 37 heavy (non-hydrogen) atoms. The first kappa shape index (κ1) is 27.8. The standard InChI is InChI=1S/C27H33BrClN3O5/c1-5-12-30(4)24(34)20-21-25(35)32(17(7-3)15-33)23(27(21)14-19(28)22(20)37-27)26(36)31(13-6-2)18-10-8-16(29)9-11-18/h5-6,8-11,17,19-23,33H,1-2,7,12-15H2,3-4H3/t17-,19?,20+,21-,22+,23?,27?/m0/s1. The minimum absolute atomic E-state index is 0.196. The number of hydrogen-bond acceptors (Lipinski definition) is 5. The van der Waals surface area contributed by atoms with Crippen LogP contribution in [0.25, 0.3) is 0 Å². The fraction of sp³-hybridized carbons (Fsp3) is 0.519. The molecule has 1 aromatic rings. The summed E-state index contributed by atoms with van der Waals surface area (Å²) < 4.78 is 6.56. The molecule has 0 radical (unpaired) electrons. The van der Waals surface area contributed by atoms with E-state index in [4.69, 9.17) is 16.3 Å². The monoisotopic (exact) mass is 593 g/mol. The maximum atomic E-state index is 14.4.